The van der Waals surface area contributed by atoms with Crippen LogP contribution in [0.3, 0.4) is 0 Å². The molecule has 1 spiro atoms. The number of rotatable bonds is 7. The zero-order valence-corrected chi connectivity index (χ0v) is 19.7. The normalized spacial score (nSPS) is 32.2. The number of piperidine rings is 1. The Balaban J connectivity index is 1.86. The van der Waals surface area contributed by atoms with Gasteiger partial charge in [0.2, 0.25) is 0 Å². The van der Waals surface area contributed by atoms with Crippen molar-refractivity contribution in [3.8, 4) is 0 Å². The molecular weight excluding hydrogens is 378 g/mol. The maximum Gasteiger partial charge on any atom is 0.172 e. The van der Waals surface area contributed by atoms with Crippen molar-refractivity contribution in [2.45, 2.75) is 96.6 Å². The van der Waals surface area contributed by atoms with Crippen LogP contribution in [0.1, 0.15) is 85.3 Å². The third-order valence-electron chi connectivity index (χ3n) is 7.50. The first kappa shape index (κ1) is 23.7. The minimum atomic E-state index is -0.626. The Bertz CT molecular complexity index is 672. The lowest BCUT2D eigenvalue weighted by Gasteiger charge is -2.61. The maximum atomic E-state index is 9.89. The molecule has 2 aliphatic heterocycles. The molecule has 0 radical (unpaired) electrons. The fourth-order valence-corrected chi connectivity index (χ4v) is 5.26. The van der Waals surface area contributed by atoms with E-state index in [9.17, 15) is 5.11 Å². The van der Waals surface area contributed by atoms with Crippen molar-refractivity contribution < 1.29 is 19.4 Å². The maximum absolute atomic E-state index is 9.89. The van der Waals surface area contributed by atoms with E-state index in [4.69, 9.17) is 14.3 Å². The van der Waals surface area contributed by atoms with Crippen LogP contribution >= 0.6 is 0 Å². The number of hydrogen-bond donors (Lipinski definition) is 1. The molecule has 1 aromatic carbocycles. The molecule has 0 aromatic heterocycles. The molecule has 1 atom stereocenters. The standard InChI is InChI=1S/C25H41NO4/c1-7-23(17-27)18-28-25(29-19-23)15-22(5,6)26(24(8-2,9-3)16-25)30-20(4)21-13-11-10-12-14-21/h10-14,20,27H,7-9,15-19H2,1-6H3. The molecule has 0 aliphatic carbocycles. The molecule has 0 bridgehead atoms. The number of aliphatic hydroxyl groups excluding tert-OH is 1. The van der Waals surface area contributed by atoms with Crippen LogP contribution in [0.5, 0.6) is 0 Å². The topological polar surface area (TPSA) is 51.2 Å². The second kappa shape index (κ2) is 8.87. The lowest BCUT2D eigenvalue weighted by Crippen LogP contribution is -2.69. The summed E-state index contributed by atoms with van der Waals surface area (Å²) in [7, 11) is 0. The summed E-state index contributed by atoms with van der Waals surface area (Å²) in [6.07, 6.45) is 4.20. The van der Waals surface area contributed by atoms with E-state index >= 15 is 0 Å². The number of benzene rings is 1. The van der Waals surface area contributed by atoms with Gasteiger partial charge in [0.1, 0.15) is 6.10 Å². The molecular formula is C25H41NO4. The Hall–Kier alpha value is -0.980. The zero-order valence-electron chi connectivity index (χ0n) is 19.7. The van der Waals surface area contributed by atoms with Gasteiger partial charge in [0, 0.05) is 23.8 Å². The van der Waals surface area contributed by atoms with Gasteiger partial charge < -0.3 is 14.6 Å². The summed E-state index contributed by atoms with van der Waals surface area (Å²) in [6, 6.07) is 10.4. The van der Waals surface area contributed by atoms with Gasteiger partial charge in [0.25, 0.3) is 0 Å². The molecule has 2 fully saturated rings. The minimum absolute atomic E-state index is 0.0349. The first-order valence-corrected chi connectivity index (χ1v) is 11.6. The van der Waals surface area contributed by atoms with E-state index in [1.54, 1.807) is 0 Å². The molecule has 0 saturated carbocycles. The van der Waals surface area contributed by atoms with Crippen molar-refractivity contribution >= 4 is 0 Å². The van der Waals surface area contributed by atoms with Crippen LogP contribution in [0.25, 0.3) is 0 Å². The summed E-state index contributed by atoms with van der Waals surface area (Å²) >= 11 is 0. The quantitative estimate of drug-likeness (QED) is 0.655. The van der Waals surface area contributed by atoms with Crippen molar-refractivity contribution in [1.29, 1.82) is 0 Å². The van der Waals surface area contributed by atoms with Crippen molar-refractivity contribution in [2.24, 2.45) is 5.41 Å². The van der Waals surface area contributed by atoms with E-state index in [1.165, 1.54) is 5.56 Å². The van der Waals surface area contributed by atoms with Gasteiger partial charge in [0.05, 0.1) is 25.4 Å². The van der Waals surface area contributed by atoms with Crippen LogP contribution in [0.2, 0.25) is 0 Å². The summed E-state index contributed by atoms with van der Waals surface area (Å²) in [6.45, 7) is 14.3. The average Bonchev–Trinajstić information content (AvgIpc) is 2.76. The fourth-order valence-electron chi connectivity index (χ4n) is 5.26. The lowest BCUT2D eigenvalue weighted by atomic mass is 9.72. The molecule has 1 aromatic rings. The average molecular weight is 420 g/mol. The Morgan fingerprint density at radius 2 is 1.60 bits per heavy atom. The largest absolute Gasteiger partial charge is 0.396 e. The molecule has 2 aliphatic rings. The van der Waals surface area contributed by atoms with E-state index in [2.05, 4.69) is 70.9 Å². The minimum Gasteiger partial charge on any atom is -0.396 e. The smallest absolute Gasteiger partial charge is 0.172 e. The van der Waals surface area contributed by atoms with Gasteiger partial charge in [0.15, 0.2) is 5.79 Å². The fraction of sp³-hybridized carbons (Fsp3) is 0.760. The highest BCUT2D eigenvalue weighted by molar-refractivity contribution is 5.17. The predicted molar refractivity (Wildman–Crippen MR) is 119 cm³/mol. The van der Waals surface area contributed by atoms with Gasteiger partial charge in [-0.2, -0.15) is 5.06 Å². The SMILES string of the molecule is CCC1(CO)COC2(CC(C)(C)N(OC(C)c3ccccc3)C(CC)(CC)C2)OC1. The summed E-state index contributed by atoms with van der Waals surface area (Å²) < 4.78 is 12.9. The molecule has 30 heavy (non-hydrogen) atoms. The summed E-state index contributed by atoms with van der Waals surface area (Å²) in [5, 5.41) is 12.1. The molecule has 1 unspecified atom stereocenters. The van der Waals surface area contributed by atoms with E-state index in [1.807, 2.05) is 6.07 Å². The van der Waals surface area contributed by atoms with Gasteiger partial charge in [-0.1, -0.05) is 51.1 Å². The van der Waals surface area contributed by atoms with E-state index in [0.717, 1.165) is 32.1 Å². The highest BCUT2D eigenvalue weighted by Crippen LogP contribution is 2.52. The molecule has 0 amide bonds. The molecule has 5 nitrogen and oxygen atoms in total. The first-order valence-electron chi connectivity index (χ1n) is 11.6. The Morgan fingerprint density at radius 3 is 2.10 bits per heavy atom. The van der Waals surface area contributed by atoms with Crippen molar-refractivity contribution in [3.63, 3.8) is 0 Å². The van der Waals surface area contributed by atoms with Crippen molar-refractivity contribution in [1.82, 2.24) is 5.06 Å². The van der Waals surface area contributed by atoms with E-state index < -0.39 is 5.79 Å². The zero-order chi connectivity index (χ0) is 22.0. The van der Waals surface area contributed by atoms with Gasteiger partial charge in [-0.05, 0) is 45.6 Å². The van der Waals surface area contributed by atoms with Gasteiger partial charge in [-0.3, -0.25) is 4.84 Å². The van der Waals surface area contributed by atoms with Gasteiger partial charge >= 0.3 is 0 Å². The Kier molecular flexibility index (Phi) is 7.00. The highest BCUT2D eigenvalue weighted by atomic mass is 16.7. The number of hydrogen-bond acceptors (Lipinski definition) is 5. The third kappa shape index (κ3) is 4.33. The monoisotopic (exact) mass is 419 g/mol. The van der Waals surface area contributed by atoms with E-state index in [-0.39, 0.29) is 29.2 Å². The summed E-state index contributed by atoms with van der Waals surface area (Å²) in [5.74, 6) is -0.626. The second-order valence-electron chi connectivity index (χ2n) is 10.0. The predicted octanol–water partition coefficient (Wildman–Crippen LogP) is 5.24. The Labute approximate surface area is 182 Å². The Morgan fingerprint density at radius 1 is 1.00 bits per heavy atom. The molecule has 170 valence electrons. The highest BCUT2D eigenvalue weighted by Gasteiger charge is 2.59. The van der Waals surface area contributed by atoms with Crippen LogP contribution in [-0.2, 0) is 14.3 Å². The first-order chi connectivity index (χ1) is 14.2. The number of hydroxylamine groups is 2. The number of aliphatic hydroxyl groups is 1. The van der Waals surface area contributed by atoms with Crippen LogP contribution < -0.4 is 0 Å². The lowest BCUT2D eigenvalue weighted by molar-refractivity contribution is -0.396. The van der Waals surface area contributed by atoms with E-state index in [0.29, 0.717) is 13.2 Å². The molecule has 2 heterocycles. The summed E-state index contributed by atoms with van der Waals surface area (Å²) in [4.78, 5) is 6.69. The van der Waals surface area contributed by atoms with Crippen molar-refractivity contribution in [3.05, 3.63) is 35.9 Å². The van der Waals surface area contributed by atoms with Crippen LogP contribution in [-0.4, -0.2) is 46.9 Å². The molecule has 3 rings (SSSR count). The van der Waals surface area contributed by atoms with Crippen LogP contribution in [0.15, 0.2) is 30.3 Å². The van der Waals surface area contributed by atoms with Crippen LogP contribution in [0, 0.1) is 5.41 Å². The second-order valence-corrected chi connectivity index (χ2v) is 10.0. The number of ether oxygens (including phenoxy) is 2. The number of nitrogens with zero attached hydrogens (tertiary/aromatic N) is 1. The molecule has 2 saturated heterocycles. The van der Waals surface area contributed by atoms with Gasteiger partial charge in [-0.25, -0.2) is 0 Å². The van der Waals surface area contributed by atoms with Gasteiger partial charge in [-0.15, -0.1) is 0 Å². The molecule has 1 N–H and O–H groups in total. The van der Waals surface area contributed by atoms with Crippen LogP contribution in [0.4, 0.5) is 0 Å². The molecule has 5 heteroatoms. The van der Waals surface area contributed by atoms with Crippen molar-refractivity contribution in [2.75, 3.05) is 19.8 Å². The summed E-state index contributed by atoms with van der Waals surface area (Å²) in [5.41, 5.74) is 0.441. The third-order valence-corrected chi connectivity index (χ3v) is 7.50.